The lowest BCUT2D eigenvalue weighted by Crippen LogP contribution is -2.15. The first-order valence-electron chi connectivity index (χ1n) is 10.9. The molecular formula is C22H22N6O4S. The molecule has 6 rings (SSSR count). The van der Waals surface area contributed by atoms with E-state index >= 15 is 0 Å². The minimum absolute atomic E-state index is 0.0367. The number of imidazole rings is 1. The second-order valence-corrected chi connectivity index (χ2v) is 11.2. The van der Waals surface area contributed by atoms with E-state index in [4.69, 9.17) is 4.98 Å². The van der Waals surface area contributed by atoms with E-state index in [1.165, 1.54) is 0 Å². The highest BCUT2D eigenvalue weighted by atomic mass is 32.2. The molecule has 0 radical (unpaired) electrons. The third-order valence-electron chi connectivity index (χ3n) is 6.43. The number of aromatic amines is 2. The summed E-state index contributed by atoms with van der Waals surface area (Å²) in [6.45, 7) is 1.81. The molecule has 1 amide bonds. The SMILES string of the molecule is Cc1nn([C@@H]2CCS(=O)(=O)C2)c2nc(C3CC3)cc(C(=O)Nc3ccc4[nH]c(=O)[nH]c4c3)c12. The van der Waals surface area contributed by atoms with Gasteiger partial charge in [-0.25, -0.2) is 22.9 Å². The van der Waals surface area contributed by atoms with Gasteiger partial charge in [0.15, 0.2) is 15.5 Å². The summed E-state index contributed by atoms with van der Waals surface area (Å²) in [4.78, 5) is 35.1. The fourth-order valence-corrected chi connectivity index (χ4v) is 6.32. The van der Waals surface area contributed by atoms with Crippen LogP contribution in [0.1, 0.15) is 53.0 Å². The maximum atomic E-state index is 13.4. The minimum atomic E-state index is -3.10. The number of benzene rings is 1. The largest absolute Gasteiger partial charge is 0.323 e. The molecule has 4 heterocycles. The Kier molecular flexibility index (Phi) is 4.28. The van der Waals surface area contributed by atoms with Crippen molar-refractivity contribution in [1.29, 1.82) is 0 Å². The van der Waals surface area contributed by atoms with Gasteiger partial charge in [-0.1, -0.05) is 0 Å². The van der Waals surface area contributed by atoms with Gasteiger partial charge in [-0.05, 0) is 50.5 Å². The van der Waals surface area contributed by atoms with E-state index in [9.17, 15) is 18.0 Å². The Hall–Kier alpha value is -3.47. The number of nitrogens with zero attached hydrogens (tertiary/aromatic N) is 3. The highest BCUT2D eigenvalue weighted by Gasteiger charge is 2.34. The Balaban J connectivity index is 1.44. The molecule has 4 aromatic rings. The number of rotatable bonds is 4. The van der Waals surface area contributed by atoms with Gasteiger partial charge in [0, 0.05) is 17.3 Å². The second-order valence-electron chi connectivity index (χ2n) is 8.95. The Morgan fingerprint density at radius 2 is 1.94 bits per heavy atom. The van der Waals surface area contributed by atoms with E-state index in [-0.39, 0.29) is 29.1 Å². The average Bonchev–Trinajstić information content (AvgIpc) is 3.35. The van der Waals surface area contributed by atoms with E-state index in [0.29, 0.717) is 51.4 Å². The molecule has 1 aromatic carbocycles. The molecule has 11 heteroatoms. The molecule has 1 aliphatic heterocycles. The number of hydrogen-bond acceptors (Lipinski definition) is 6. The van der Waals surface area contributed by atoms with Crippen LogP contribution in [0.5, 0.6) is 0 Å². The molecule has 2 fully saturated rings. The van der Waals surface area contributed by atoms with Crippen LogP contribution in [0, 0.1) is 6.92 Å². The van der Waals surface area contributed by atoms with Crippen molar-refractivity contribution >= 4 is 43.5 Å². The molecule has 0 spiro atoms. The van der Waals surface area contributed by atoms with Crippen molar-refractivity contribution in [3.63, 3.8) is 0 Å². The topological polar surface area (TPSA) is 143 Å². The van der Waals surface area contributed by atoms with Crippen molar-refractivity contribution in [2.45, 2.75) is 38.1 Å². The van der Waals surface area contributed by atoms with E-state index in [2.05, 4.69) is 20.4 Å². The molecule has 10 nitrogen and oxygen atoms in total. The molecule has 3 aromatic heterocycles. The molecule has 3 N–H and O–H groups in total. The number of pyridine rings is 1. The van der Waals surface area contributed by atoms with Crippen molar-refractivity contribution in [3.8, 4) is 0 Å². The molecule has 0 unspecified atom stereocenters. The number of fused-ring (bicyclic) bond motifs is 2. The van der Waals surface area contributed by atoms with Gasteiger partial charge in [0.1, 0.15) is 0 Å². The number of aryl methyl sites for hydroxylation is 1. The first-order chi connectivity index (χ1) is 15.8. The molecule has 1 saturated carbocycles. The highest BCUT2D eigenvalue weighted by molar-refractivity contribution is 7.91. The lowest BCUT2D eigenvalue weighted by Gasteiger charge is -2.12. The molecule has 0 bridgehead atoms. The molecule has 1 saturated heterocycles. The summed E-state index contributed by atoms with van der Waals surface area (Å²) < 4.78 is 25.8. The summed E-state index contributed by atoms with van der Waals surface area (Å²) in [5.74, 6) is 0.174. The Morgan fingerprint density at radius 3 is 2.67 bits per heavy atom. The van der Waals surface area contributed by atoms with Crippen LogP contribution in [0.3, 0.4) is 0 Å². The van der Waals surface area contributed by atoms with Gasteiger partial charge in [0.2, 0.25) is 0 Å². The van der Waals surface area contributed by atoms with Gasteiger partial charge in [-0.2, -0.15) is 5.10 Å². The fraction of sp³-hybridized carbons (Fsp3) is 0.364. The smallest absolute Gasteiger partial charge is 0.322 e. The summed E-state index contributed by atoms with van der Waals surface area (Å²) in [5, 5.41) is 8.18. The zero-order chi connectivity index (χ0) is 22.9. The minimum Gasteiger partial charge on any atom is -0.322 e. The van der Waals surface area contributed by atoms with Gasteiger partial charge in [0.25, 0.3) is 5.91 Å². The predicted molar refractivity (Wildman–Crippen MR) is 123 cm³/mol. The first kappa shape index (κ1) is 20.2. The van der Waals surface area contributed by atoms with Gasteiger partial charge in [-0.3, -0.25) is 4.79 Å². The Morgan fingerprint density at radius 1 is 1.15 bits per heavy atom. The summed E-state index contributed by atoms with van der Waals surface area (Å²) in [5.41, 5.74) is 4.00. The normalized spacial score (nSPS) is 20.0. The third kappa shape index (κ3) is 3.52. The number of nitrogens with one attached hydrogen (secondary N) is 3. The third-order valence-corrected chi connectivity index (χ3v) is 8.18. The molecule has 1 aliphatic carbocycles. The van der Waals surface area contributed by atoms with Crippen molar-refractivity contribution in [2.24, 2.45) is 0 Å². The highest BCUT2D eigenvalue weighted by Crippen LogP contribution is 2.41. The molecule has 170 valence electrons. The van der Waals surface area contributed by atoms with Crippen molar-refractivity contribution in [2.75, 3.05) is 16.8 Å². The molecule has 2 aliphatic rings. The van der Waals surface area contributed by atoms with Gasteiger partial charge < -0.3 is 15.3 Å². The number of hydrogen-bond donors (Lipinski definition) is 3. The monoisotopic (exact) mass is 466 g/mol. The first-order valence-corrected chi connectivity index (χ1v) is 12.7. The van der Waals surface area contributed by atoms with E-state index in [0.717, 1.165) is 18.5 Å². The quantitative estimate of drug-likeness (QED) is 0.421. The summed E-state index contributed by atoms with van der Waals surface area (Å²) in [6, 6.07) is 6.70. The van der Waals surface area contributed by atoms with Crippen LogP contribution in [0.4, 0.5) is 5.69 Å². The number of carbonyl (C=O) groups is 1. The van der Waals surface area contributed by atoms with Crippen LogP contribution in [-0.2, 0) is 9.84 Å². The van der Waals surface area contributed by atoms with Crippen molar-refractivity contribution in [3.05, 3.63) is 51.7 Å². The summed E-state index contributed by atoms with van der Waals surface area (Å²) >= 11 is 0. The van der Waals surface area contributed by atoms with Crippen molar-refractivity contribution in [1.82, 2.24) is 24.7 Å². The summed E-state index contributed by atoms with van der Waals surface area (Å²) in [7, 11) is -3.10. The lowest BCUT2D eigenvalue weighted by atomic mass is 10.1. The van der Waals surface area contributed by atoms with Crippen LogP contribution in [0.25, 0.3) is 22.1 Å². The number of carbonyl (C=O) groups excluding carboxylic acids is 1. The standard InChI is InChI=1S/C22H22N6O4S/c1-11-19-15(21(29)23-13-4-5-16-18(8-13)26-22(30)25-16)9-17(12-2-3-12)24-20(19)28(27-11)14-6-7-33(31,32)10-14/h4-5,8-9,12,14H,2-3,6-7,10H2,1H3,(H,23,29)(H2,25,26,30)/t14-/m1/s1. The van der Waals surface area contributed by atoms with Crippen LogP contribution in [-0.4, -0.2) is 50.6 Å². The Bertz CT molecular complexity index is 1610. The fourth-order valence-electron chi connectivity index (χ4n) is 4.63. The zero-order valence-corrected chi connectivity index (χ0v) is 18.7. The maximum Gasteiger partial charge on any atom is 0.323 e. The van der Waals surface area contributed by atoms with Gasteiger partial charge in [-0.15, -0.1) is 0 Å². The Labute approximate surface area is 188 Å². The van der Waals surface area contributed by atoms with Crippen LogP contribution < -0.4 is 11.0 Å². The second kappa shape index (κ2) is 7.01. The number of aromatic nitrogens is 5. The number of sulfone groups is 1. The molecular weight excluding hydrogens is 444 g/mol. The average molecular weight is 467 g/mol. The van der Waals surface area contributed by atoms with Crippen molar-refractivity contribution < 1.29 is 13.2 Å². The number of H-pyrrole nitrogens is 2. The van der Waals surface area contributed by atoms with E-state index in [1.54, 1.807) is 22.9 Å². The van der Waals surface area contributed by atoms with Gasteiger partial charge >= 0.3 is 5.69 Å². The lowest BCUT2D eigenvalue weighted by molar-refractivity contribution is 0.102. The number of anilines is 1. The zero-order valence-electron chi connectivity index (χ0n) is 17.9. The number of amides is 1. The molecule has 33 heavy (non-hydrogen) atoms. The van der Waals surface area contributed by atoms with E-state index < -0.39 is 9.84 Å². The van der Waals surface area contributed by atoms with Crippen LogP contribution in [0.2, 0.25) is 0 Å². The van der Waals surface area contributed by atoms with E-state index in [1.807, 2.05) is 13.0 Å². The van der Waals surface area contributed by atoms with Gasteiger partial charge in [0.05, 0.1) is 45.2 Å². The summed E-state index contributed by atoms with van der Waals surface area (Å²) in [6.07, 6.45) is 2.52. The predicted octanol–water partition coefficient (Wildman–Crippen LogP) is 2.40. The van der Waals surface area contributed by atoms with Crippen LogP contribution >= 0.6 is 0 Å². The maximum absolute atomic E-state index is 13.4. The molecule has 1 atom stereocenters. The van der Waals surface area contributed by atoms with Crippen LogP contribution in [0.15, 0.2) is 29.1 Å².